The topological polar surface area (TPSA) is 151 Å². The Morgan fingerprint density at radius 3 is 2.52 bits per heavy atom. The summed E-state index contributed by atoms with van der Waals surface area (Å²) in [5.74, 6) is -2.94. The van der Waals surface area contributed by atoms with Crippen LogP contribution in [0.2, 0.25) is 0 Å². The first-order valence-electron chi connectivity index (χ1n) is 9.42. The number of primary amides is 1. The molecule has 0 unspecified atom stereocenters. The van der Waals surface area contributed by atoms with Crippen LogP contribution in [0.15, 0.2) is 18.3 Å². The Kier molecular flexibility index (Phi) is 6.37. The van der Waals surface area contributed by atoms with Gasteiger partial charge in [0.05, 0.1) is 30.6 Å². The van der Waals surface area contributed by atoms with Crippen LogP contribution in [0.4, 0.5) is 30.9 Å². The summed E-state index contributed by atoms with van der Waals surface area (Å²) in [5.41, 5.74) is 5.21. The van der Waals surface area contributed by atoms with Crippen LogP contribution in [0.3, 0.4) is 0 Å². The molecule has 2 aromatic heterocycles. The van der Waals surface area contributed by atoms with E-state index in [2.05, 4.69) is 25.9 Å². The average Bonchev–Trinajstić information content (AvgIpc) is 3.52. The maximum atomic E-state index is 14.7. The third kappa shape index (κ3) is 5.27. The number of halogens is 2. The van der Waals surface area contributed by atoms with Crippen molar-refractivity contribution >= 4 is 29.3 Å². The molecule has 0 aromatic carbocycles. The highest BCUT2D eigenvalue weighted by Gasteiger charge is 2.36. The molecule has 0 radical (unpaired) electrons. The van der Waals surface area contributed by atoms with Crippen LogP contribution in [0.25, 0.3) is 0 Å². The first-order chi connectivity index (χ1) is 14.7. The van der Waals surface area contributed by atoms with Crippen molar-refractivity contribution in [3.8, 4) is 5.88 Å². The molecule has 31 heavy (non-hydrogen) atoms. The maximum Gasteiger partial charge on any atom is 0.404 e. The van der Waals surface area contributed by atoms with Gasteiger partial charge in [-0.25, -0.2) is 23.5 Å². The van der Waals surface area contributed by atoms with E-state index < -0.39 is 35.7 Å². The molecule has 0 bridgehead atoms. The van der Waals surface area contributed by atoms with Crippen LogP contribution < -0.4 is 26.4 Å². The van der Waals surface area contributed by atoms with Gasteiger partial charge in [-0.15, -0.1) is 0 Å². The number of rotatable bonds is 9. The zero-order valence-corrected chi connectivity index (χ0v) is 16.8. The molecule has 3 rings (SSSR count). The molecule has 10 nitrogen and oxygen atoms in total. The Balaban J connectivity index is 1.92. The van der Waals surface area contributed by atoms with E-state index in [0.29, 0.717) is 0 Å². The van der Waals surface area contributed by atoms with E-state index in [4.69, 9.17) is 15.6 Å². The fourth-order valence-electron chi connectivity index (χ4n) is 3.20. The second-order valence-corrected chi connectivity index (χ2v) is 7.17. The fraction of sp³-hybridized carbons (Fsp3) is 0.368. The normalized spacial score (nSPS) is 15.0. The highest BCUT2D eigenvalue weighted by molar-refractivity contribution is 5.98. The predicted octanol–water partition coefficient (Wildman–Crippen LogP) is 2.45. The molecule has 2 amide bonds. The van der Waals surface area contributed by atoms with Gasteiger partial charge in [0.1, 0.15) is 5.82 Å². The molecule has 2 aromatic rings. The SMILES string of the molecule is COc1ncc(Nc2nc(N[C@H](C3CC3)[C@H](C)NC(=O)O)c(F)cc2C(N)=O)cc1F. The summed E-state index contributed by atoms with van der Waals surface area (Å²) in [5, 5.41) is 17.0. The largest absolute Gasteiger partial charge is 0.479 e. The molecule has 12 heteroatoms. The number of nitrogens with two attached hydrogens (primary N) is 1. The first kappa shape index (κ1) is 22.0. The molecule has 1 aliphatic carbocycles. The van der Waals surface area contributed by atoms with Gasteiger partial charge in [0.15, 0.2) is 17.5 Å². The lowest BCUT2D eigenvalue weighted by molar-refractivity contribution is 0.1000. The molecule has 166 valence electrons. The fourth-order valence-corrected chi connectivity index (χ4v) is 3.20. The van der Waals surface area contributed by atoms with E-state index in [9.17, 15) is 18.4 Å². The number of anilines is 3. The highest BCUT2D eigenvalue weighted by Crippen LogP contribution is 2.36. The molecule has 0 spiro atoms. The standard InChI is InChI=1S/C19H22F2N6O4/c1-8(24-19(29)30)14(9-3-4-9)26-17-12(20)6-11(15(22)28)16(27-17)25-10-5-13(21)18(31-2)23-7-10/h5-9,14,24H,3-4H2,1-2H3,(H2,22,28)(H,29,30)(H2,25,26,27)/t8-,14-/m0/s1. The number of nitrogens with zero attached hydrogens (tertiary/aromatic N) is 2. The third-order valence-electron chi connectivity index (χ3n) is 4.83. The van der Waals surface area contributed by atoms with E-state index in [0.717, 1.165) is 25.0 Å². The molecular formula is C19H22F2N6O4. The number of methoxy groups -OCH3 is 1. The number of ether oxygens (including phenoxy) is 1. The summed E-state index contributed by atoms with van der Waals surface area (Å²) < 4.78 is 33.4. The number of nitrogens with one attached hydrogen (secondary N) is 3. The molecule has 0 saturated heterocycles. The van der Waals surface area contributed by atoms with Crippen molar-refractivity contribution in [2.24, 2.45) is 11.7 Å². The van der Waals surface area contributed by atoms with Crippen LogP contribution in [-0.4, -0.2) is 46.3 Å². The predicted molar refractivity (Wildman–Crippen MR) is 107 cm³/mol. The zero-order valence-electron chi connectivity index (χ0n) is 16.8. The van der Waals surface area contributed by atoms with Crippen LogP contribution in [0.5, 0.6) is 5.88 Å². The minimum atomic E-state index is -1.20. The van der Waals surface area contributed by atoms with Crippen LogP contribution in [-0.2, 0) is 0 Å². The lowest BCUT2D eigenvalue weighted by Gasteiger charge is -2.26. The van der Waals surface area contributed by atoms with Crippen molar-refractivity contribution in [1.82, 2.24) is 15.3 Å². The van der Waals surface area contributed by atoms with Gasteiger partial charge in [0.25, 0.3) is 5.91 Å². The van der Waals surface area contributed by atoms with E-state index in [1.165, 1.54) is 13.3 Å². The number of carboxylic acid groups (broad SMARTS) is 1. The first-order valence-corrected chi connectivity index (χ1v) is 9.42. The molecule has 1 fully saturated rings. The third-order valence-corrected chi connectivity index (χ3v) is 4.83. The van der Waals surface area contributed by atoms with Crippen LogP contribution >= 0.6 is 0 Å². The lowest BCUT2D eigenvalue weighted by Crippen LogP contribution is -2.45. The molecule has 0 aliphatic heterocycles. The number of hydrogen-bond donors (Lipinski definition) is 5. The maximum absolute atomic E-state index is 14.7. The lowest BCUT2D eigenvalue weighted by atomic mass is 10.0. The summed E-state index contributed by atoms with van der Waals surface area (Å²) >= 11 is 0. The smallest absolute Gasteiger partial charge is 0.404 e. The van der Waals surface area contributed by atoms with Gasteiger partial charge >= 0.3 is 6.09 Å². The van der Waals surface area contributed by atoms with Gasteiger partial charge in [0.2, 0.25) is 5.88 Å². The van der Waals surface area contributed by atoms with E-state index in [1.807, 2.05) is 0 Å². The quantitative estimate of drug-likeness (QED) is 0.402. The molecule has 6 N–H and O–H groups in total. The Bertz CT molecular complexity index is 1000. The number of pyridine rings is 2. The summed E-state index contributed by atoms with van der Waals surface area (Å²) in [6.45, 7) is 1.66. The molecule has 1 saturated carbocycles. The van der Waals surface area contributed by atoms with E-state index >= 15 is 0 Å². The summed E-state index contributed by atoms with van der Waals surface area (Å²) in [6, 6.07) is 1.02. The second kappa shape index (κ2) is 8.98. The minimum Gasteiger partial charge on any atom is -0.479 e. The number of carbonyl (C=O) groups is 2. The summed E-state index contributed by atoms with van der Waals surface area (Å²) in [6.07, 6.45) is 1.75. The number of amides is 2. The molecule has 2 atom stereocenters. The van der Waals surface area contributed by atoms with Gasteiger partial charge in [-0.1, -0.05) is 0 Å². The van der Waals surface area contributed by atoms with Gasteiger partial charge in [-0.05, 0) is 31.7 Å². The molecular weight excluding hydrogens is 414 g/mol. The van der Waals surface area contributed by atoms with Crippen LogP contribution in [0.1, 0.15) is 30.1 Å². The second-order valence-electron chi connectivity index (χ2n) is 7.17. The van der Waals surface area contributed by atoms with Crippen LogP contribution in [0, 0.1) is 17.6 Å². The monoisotopic (exact) mass is 436 g/mol. The Morgan fingerprint density at radius 1 is 1.26 bits per heavy atom. The van der Waals surface area contributed by atoms with Crippen molar-refractivity contribution in [2.75, 3.05) is 17.7 Å². The average molecular weight is 436 g/mol. The van der Waals surface area contributed by atoms with Gasteiger partial charge in [0, 0.05) is 12.1 Å². The Hall–Kier alpha value is -3.70. The van der Waals surface area contributed by atoms with Crippen molar-refractivity contribution < 1.29 is 28.2 Å². The summed E-state index contributed by atoms with van der Waals surface area (Å²) in [7, 11) is 1.26. The van der Waals surface area contributed by atoms with E-state index in [-0.39, 0.29) is 34.7 Å². The van der Waals surface area contributed by atoms with Gasteiger partial charge < -0.3 is 31.5 Å². The summed E-state index contributed by atoms with van der Waals surface area (Å²) in [4.78, 5) is 30.7. The zero-order chi connectivity index (χ0) is 22.7. The minimum absolute atomic E-state index is 0.115. The highest BCUT2D eigenvalue weighted by atomic mass is 19.1. The van der Waals surface area contributed by atoms with Crippen molar-refractivity contribution in [1.29, 1.82) is 0 Å². The number of carbonyl (C=O) groups excluding carboxylic acids is 1. The number of aromatic nitrogens is 2. The van der Waals surface area contributed by atoms with Gasteiger partial charge in [-0.3, -0.25) is 4.79 Å². The molecule has 2 heterocycles. The van der Waals surface area contributed by atoms with Gasteiger partial charge in [-0.2, -0.15) is 0 Å². The van der Waals surface area contributed by atoms with E-state index in [1.54, 1.807) is 6.92 Å². The Labute approximate surface area is 176 Å². The molecule has 1 aliphatic rings. The van der Waals surface area contributed by atoms with Crippen molar-refractivity contribution in [3.05, 3.63) is 35.5 Å². The number of hydrogen-bond acceptors (Lipinski definition) is 7. The van der Waals surface area contributed by atoms with Crippen molar-refractivity contribution in [2.45, 2.75) is 31.8 Å². The Morgan fingerprint density at radius 2 is 1.97 bits per heavy atom. The van der Waals surface area contributed by atoms with Crippen molar-refractivity contribution in [3.63, 3.8) is 0 Å².